The molecule has 13 heavy (non-hydrogen) atoms. The van der Waals surface area contributed by atoms with Crippen molar-refractivity contribution in [2.75, 3.05) is 19.8 Å². The minimum atomic E-state index is 0.0199. The van der Waals surface area contributed by atoms with Gasteiger partial charge in [0, 0.05) is 12.5 Å². The highest BCUT2D eigenvalue weighted by Gasteiger charge is 2.22. The molecule has 0 aromatic carbocycles. The van der Waals surface area contributed by atoms with E-state index in [9.17, 15) is 0 Å². The predicted octanol–water partition coefficient (Wildman–Crippen LogP) is 1.38. The van der Waals surface area contributed by atoms with Crippen LogP contribution in [0.25, 0.3) is 0 Å². The summed E-state index contributed by atoms with van der Waals surface area (Å²) in [6.07, 6.45) is 0.984. The average Bonchev–Trinajstić information content (AvgIpc) is 2.56. The Morgan fingerprint density at radius 2 is 1.92 bits per heavy atom. The lowest BCUT2D eigenvalue weighted by Crippen LogP contribution is -2.37. The number of nitrogens with one attached hydrogen (secondary N) is 1. The van der Waals surface area contributed by atoms with E-state index in [0.29, 0.717) is 12.0 Å². The fourth-order valence-electron chi connectivity index (χ4n) is 1.60. The van der Waals surface area contributed by atoms with Crippen LogP contribution in [-0.4, -0.2) is 32.1 Å². The normalized spacial score (nSPS) is 21.2. The maximum Gasteiger partial charge on any atom is 0.159 e. The highest BCUT2D eigenvalue weighted by molar-refractivity contribution is 4.72. The van der Waals surface area contributed by atoms with Crippen LogP contribution in [0, 0.1) is 5.92 Å². The number of hydrogen-bond acceptors (Lipinski definition) is 3. The van der Waals surface area contributed by atoms with Gasteiger partial charge in [0.2, 0.25) is 0 Å². The Morgan fingerprint density at radius 1 is 1.31 bits per heavy atom. The molecule has 1 rings (SSSR count). The first kappa shape index (κ1) is 11.0. The molecule has 1 atom stereocenters. The predicted molar refractivity (Wildman–Crippen MR) is 52.6 cm³/mol. The third-order valence-corrected chi connectivity index (χ3v) is 2.41. The van der Waals surface area contributed by atoms with E-state index in [0.717, 1.165) is 26.2 Å². The van der Waals surface area contributed by atoms with Crippen molar-refractivity contribution in [3.8, 4) is 0 Å². The lowest BCUT2D eigenvalue weighted by atomic mass is 10.0. The molecule has 0 spiro atoms. The van der Waals surface area contributed by atoms with Gasteiger partial charge in [0.1, 0.15) is 0 Å². The fourth-order valence-corrected chi connectivity index (χ4v) is 1.60. The average molecular weight is 187 g/mol. The van der Waals surface area contributed by atoms with E-state index >= 15 is 0 Å². The molecule has 1 fully saturated rings. The molecule has 3 heteroatoms. The molecule has 1 saturated heterocycles. The summed E-state index contributed by atoms with van der Waals surface area (Å²) >= 11 is 0. The van der Waals surface area contributed by atoms with E-state index in [1.165, 1.54) is 0 Å². The Kier molecular flexibility index (Phi) is 4.70. The largest absolute Gasteiger partial charge is 0.350 e. The summed E-state index contributed by atoms with van der Waals surface area (Å²) in [5.41, 5.74) is 0. The van der Waals surface area contributed by atoms with Crippen molar-refractivity contribution in [2.24, 2.45) is 5.92 Å². The van der Waals surface area contributed by atoms with E-state index in [-0.39, 0.29) is 6.29 Å². The van der Waals surface area contributed by atoms with Crippen LogP contribution >= 0.6 is 0 Å². The van der Waals surface area contributed by atoms with Crippen molar-refractivity contribution in [2.45, 2.75) is 39.5 Å². The van der Waals surface area contributed by atoms with Crippen LogP contribution in [0.2, 0.25) is 0 Å². The molecule has 0 saturated carbocycles. The zero-order valence-electron chi connectivity index (χ0n) is 8.88. The van der Waals surface area contributed by atoms with Crippen LogP contribution in [0.3, 0.4) is 0 Å². The number of rotatable bonds is 5. The molecular weight excluding hydrogens is 166 g/mol. The molecule has 1 aliphatic rings. The zero-order chi connectivity index (χ0) is 9.68. The maximum atomic E-state index is 5.42. The van der Waals surface area contributed by atoms with Gasteiger partial charge in [-0.2, -0.15) is 0 Å². The second kappa shape index (κ2) is 5.58. The Morgan fingerprint density at radius 3 is 2.38 bits per heavy atom. The summed E-state index contributed by atoms with van der Waals surface area (Å²) in [6.45, 7) is 9.09. The molecule has 3 nitrogen and oxygen atoms in total. The quantitative estimate of drug-likeness (QED) is 0.705. The highest BCUT2D eigenvalue weighted by atomic mass is 16.7. The standard InChI is InChI=1S/C10H21NO2/c1-4-11-9(8(2)3)7-10-12-5-6-13-10/h8-11H,4-7H2,1-3H3. The molecule has 0 aromatic heterocycles. The molecule has 0 aromatic rings. The summed E-state index contributed by atoms with van der Waals surface area (Å²) < 4.78 is 10.8. The molecule has 0 radical (unpaired) electrons. The minimum Gasteiger partial charge on any atom is -0.350 e. The first-order valence-corrected chi connectivity index (χ1v) is 5.20. The zero-order valence-corrected chi connectivity index (χ0v) is 8.88. The monoisotopic (exact) mass is 187 g/mol. The van der Waals surface area contributed by atoms with E-state index in [4.69, 9.17) is 9.47 Å². The topological polar surface area (TPSA) is 30.5 Å². The van der Waals surface area contributed by atoms with Crippen LogP contribution < -0.4 is 5.32 Å². The van der Waals surface area contributed by atoms with Crippen molar-refractivity contribution in [3.05, 3.63) is 0 Å². The molecule has 1 N–H and O–H groups in total. The second-order valence-corrected chi connectivity index (χ2v) is 3.82. The van der Waals surface area contributed by atoms with Gasteiger partial charge in [0.25, 0.3) is 0 Å². The van der Waals surface area contributed by atoms with Crippen molar-refractivity contribution in [1.29, 1.82) is 0 Å². The van der Waals surface area contributed by atoms with Gasteiger partial charge in [-0.05, 0) is 12.5 Å². The Labute approximate surface area is 80.8 Å². The first-order valence-electron chi connectivity index (χ1n) is 5.20. The maximum absolute atomic E-state index is 5.42. The van der Waals surface area contributed by atoms with Gasteiger partial charge in [-0.1, -0.05) is 20.8 Å². The number of ether oxygens (including phenoxy) is 2. The number of hydrogen-bond donors (Lipinski definition) is 1. The fraction of sp³-hybridized carbons (Fsp3) is 1.00. The van der Waals surface area contributed by atoms with Crippen LogP contribution in [0.15, 0.2) is 0 Å². The van der Waals surface area contributed by atoms with Gasteiger partial charge in [0.05, 0.1) is 13.2 Å². The lowest BCUT2D eigenvalue weighted by molar-refractivity contribution is -0.0554. The molecule has 0 aliphatic carbocycles. The molecule has 0 bridgehead atoms. The summed E-state index contributed by atoms with van der Waals surface area (Å²) in [4.78, 5) is 0. The second-order valence-electron chi connectivity index (χ2n) is 3.82. The van der Waals surface area contributed by atoms with Crippen molar-refractivity contribution in [3.63, 3.8) is 0 Å². The van der Waals surface area contributed by atoms with Gasteiger partial charge in [-0.25, -0.2) is 0 Å². The van der Waals surface area contributed by atoms with Crippen molar-refractivity contribution < 1.29 is 9.47 Å². The van der Waals surface area contributed by atoms with E-state index in [2.05, 4.69) is 26.1 Å². The SMILES string of the molecule is CCNC(CC1OCCO1)C(C)C. The third kappa shape index (κ3) is 3.63. The molecule has 0 amide bonds. The Hall–Kier alpha value is -0.120. The highest BCUT2D eigenvalue weighted by Crippen LogP contribution is 2.15. The Bertz CT molecular complexity index is 133. The van der Waals surface area contributed by atoms with Crippen LogP contribution in [-0.2, 0) is 9.47 Å². The summed E-state index contributed by atoms with van der Waals surface area (Å²) in [5.74, 6) is 0.632. The molecule has 78 valence electrons. The van der Waals surface area contributed by atoms with Gasteiger partial charge in [-0.3, -0.25) is 0 Å². The van der Waals surface area contributed by atoms with Crippen molar-refractivity contribution >= 4 is 0 Å². The van der Waals surface area contributed by atoms with Crippen LogP contribution in [0.1, 0.15) is 27.2 Å². The summed E-state index contributed by atoms with van der Waals surface area (Å²) in [5, 5.41) is 3.45. The van der Waals surface area contributed by atoms with Crippen LogP contribution in [0.5, 0.6) is 0 Å². The van der Waals surface area contributed by atoms with Crippen LogP contribution in [0.4, 0.5) is 0 Å². The summed E-state index contributed by atoms with van der Waals surface area (Å²) in [7, 11) is 0. The van der Waals surface area contributed by atoms with E-state index < -0.39 is 0 Å². The van der Waals surface area contributed by atoms with Gasteiger partial charge in [-0.15, -0.1) is 0 Å². The minimum absolute atomic E-state index is 0.0199. The first-order chi connectivity index (χ1) is 6.24. The lowest BCUT2D eigenvalue weighted by Gasteiger charge is -2.23. The van der Waals surface area contributed by atoms with Gasteiger partial charge >= 0.3 is 0 Å². The molecule has 1 unspecified atom stereocenters. The van der Waals surface area contributed by atoms with E-state index in [1.54, 1.807) is 0 Å². The van der Waals surface area contributed by atoms with Gasteiger partial charge in [0.15, 0.2) is 6.29 Å². The molecule has 1 aliphatic heterocycles. The molecular formula is C10H21NO2. The Balaban J connectivity index is 2.27. The van der Waals surface area contributed by atoms with Crippen molar-refractivity contribution in [1.82, 2.24) is 5.32 Å². The summed E-state index contributed by atoms with van der Waals surface area (Å²) in [6, 6.07) is 0.507. The van der Waals surface area contributed by atoms with Gasteiger partial charge < -0.3 is 14.8 Å². The smallest absolute Gasteiger partial charge is 0.159 e. The third-order valence-electron chi connectivity index (χ3n) is 2.41. The van der Waals surface area contributed by atoms with E-state index in [1.807, 2.05) is 0 Å². The molecule has 1 heterocycles.